The third-order valence-corrected chi connectivity index (χ3v) is 3.15. The molecule has 5 heteroatoms. The Morgan fingerprint density at radius 1 is 1.80 bits per heavy atom. The van der Waals surface area contributed by atoms with Crippen molar-refractivity contribution in [2.75, 3.05) is 7.11 Å². The average Bonchev–Trinajstić information content (AvgIpc) is 2.58. The highest BCUT2D eigenvalue weighted by molar-refractivity contribution is 6.31. The fourth-order valence-electron chi connectivity index (χ4n) is 2.19. The lowest BCUT2D eigenvalue weighted by Crippen LogP contribution is -2.50. The summed E-state index contributed by atoms with van der Waals surface area (Å²) in [6.45, 7) is 0. The van der Waals surface area contributed by atoms with Crippen molar-refractivity contribution in [3.63, 3.8) is 0 Å². The van der Waals surface area contributed by atoms with Crippen LogP contribution in [0.15, 0.2) is 12.4 Å². The number of rotatable bonds is 3. The summed E-state index contributed by atoms with van der Waals surface area (Å²) in [6, 6.07) is 2.25. The summed E-state index contributed by atoms with van der Waals surface area (Å²) in [5.74, 6) is 0. The summed E-state index contributed by atoms with van der Waals surface area (Å²) in [5, 5.41) is 13.2. The fraction of sp³-hybridized carbons (Fsp3) is 0.600. The van der Waals surface area contributed by atoms with Gasteiger partial charge in [0.05, 0.1) is 24.1 Å². The van der Waals surface area contributed by atoms with Crippen molar-refractivity contribution in [3.05, 3.63) is 12.4 Å². The van der Waals surface area contributed by atoms with Crippen molar-refractivity contribution in [2.45, 2.75) is 30.9 Å². The van der Waals surface area contributed by atoms with Gasteiger partial charge < -0.3 is 4.74 Å². The van der Waals surface area contributed by atoms with Crippen molar-refractivity contribution in [1.29, 1.82) is 5.26 Å². The van der Waals surface area contributed by atoms with Crippen LogP contribution in [0.25, 0.3) is 0 Å². The van der Waals surface area contributed by atoms with Crippen molar-refractivity contribution >= 4 is 13.3 Å². The second kappa shape index (κ2) is 3.71. The number of aromatic nitrogens is 2. The maximum atomic E-state index is 8.86. The molecule has 0 bridgehead atoms. The first-order valence-electron chi connectivity index (χ1n) is 5.12. The van der Waals surface area contributed by atoms with Gasteiger partial charge in [0, 0.05) is 19.5 Å². The van der Waals surface area contributed by atoms with Crippen molar-refractivity contribution in [3.8, 4) is 6.07 Å². The van der Waals surface area contributed by atoms with Gasteiger partial charge >= 0.3 is 0 Å². The van der Waals surface area contributed by atoms with Crippen molar-refractivity contribution < 1.29 is 4.74 Å². The lowest BCUT2D eigenvalue weighted by molar-refractivity contribution is -0.0541. The molecule has 0 amide bonds. The van der Waals surface area contributed by atoms with Crippen LogP contribution < -0.4 is 5.46 Å². The van der Waals surface area contributed by atoms with E-state index < -0.39 is 0 Å². The van der Waals surface area contributed by atoms with Gasteiger partial charge in [-0.05, 0) is 12.8 Å². The third kappa shape index (κ3) is 1.66. The highest BCUT2D eigenvalue weighted by Gasteiger charge is 2.46. The van der Waals surface area contributed by atoms with Gasteiger partial charge in [-0.2, -0.15) is 10.4 Å². The molecule has 78 valence electrons. The van der Waals surface area contributed by atoms with E-state index in [0.717, 1.165) is 18.3 Å². The van der Waals surface area contributed by atoms with Gasteiger partial charge in [0.15, 0.2) is 0 Å². The van der Waals surface area contributed by atoms with E-state index in [9.17, 15) is 0 Å². The predicted molar refractivity (Wildman–Crippen MR) is 58.6 cm³/mol. The molecule has 4 nitrogen and oxygen atoms in total. The summed E-state index contributed by atoms with van der Waals surface area (Å²) in [4.78, 5) is 0. The maximum Gasteiger partial charge on any atom is 0.143 e. The molecule has 0 saturated heterocycles. The number of hydrogen-bond acceptors (Lipinski definition) is 3. The first kappa shape index (κ1) is 10.2. The molecule has 15 heavy (non-hydrogen) atoms. The average molecular weight is 203 g/mol. The minimum Gasteiger partial charge on any atom is -0.381 e. The molecule has 0 atom stereocenters. The van der Waals surface area contributed by atoms with Gasteiger partial charge in [0.25, 0.3) is 0 Å². The summed E-state index contributed by atoms with van der Waals surface area (Å²) in [7, 11) is 3.73. The highest BCUT2D eigenvalue weighted by atomic mass is 16.5. The van der Waals surface area contributed by atoms with E-state index in [1.54, 1.807) is 7.11 Å². The van der Waals surface area contributed by atoms with Crippen LogP contribution in [0.5, 0.6) is 0 Å². The number of nitriles is 1. The summed E-state index contributed by atoms with van der Waals surface area (Å²) < 4.78 is 7.20. The van der Waals surface area contributed by atoms with Gasteiger partial charge in [-0.25, -0.2) is 0 Å². The maximum absolute atomic E-state index is 8.86. The van der Waals surface area contributed by atoms with E-state index in [-0.39, 0.29) is 11.6 Å². The lowest BCUT2D eigenvalue weighted by Gasteiger charge is -2.45. The minimum absolute atomic E-state index is 0.121. The molecule has 0 aliphatic heterocycles. The van der Waals surface area contributed by atoms with Gasteiger partial charge in [-0.1, -0.05) is 5.46 Å². The Labute approximate surface area is 90.2 Å². The Kier molecular flexibility index (Phi) is 2.53. The lowest BCUT2D eigenvalue weighted by atomic mass is 9.72. The Morgan fingerprint density at radius 2 is 2.53 bits per heavy atom. The van der Waals surface area contributed by atoms with Crippen LogP contribution >= 0.6 is 0 Å². The van der Waals surface area contributed by atoms with Crippen molar-refractivity contribution in [1.82, 2.24) is 9.78 Å². The molecular formula is C10H14BN3O. The van der Waals surface area contributed by atoms with E-state index in [0.29, 0.717) is 6.42 Å². The molecule has 0 unspecified atom stereocenters. The van der Waals surface area contributed by atoms with Crippen LogP contribution in [-0.4, -0.2) is 30.8 Å². The van der Waals surface area contributed by atoms with Crippen LogP contribution in [0, 0.1) is 11.3 Å². The van der Waals surface area contributed by atoms with Gasteiger partial charge in [-0.3, -0.25) is 4.68 Å². The van der Waals surface area contributed by atoms with Gasteiger partial charge in [0.1, 0.15) is 7.85 Å². The van der Waals surface area contributed by atoms with Gasteiger partial charge in [0.2, 0.25) is 0 Å². The zero-order chi connectivity index (χ0) is 10.9. The van der Waals surface area contributed by atoms with E-state index in [1.807, 2.05) is 24.9 Å². The van der Waals surface area contributed by atoms with E-state index in [2.05, 4.69) is 11.2 Å². The molecule has 1 saturated carbocycles. The smallest absolute Gasteiger partial charge is 0.143 e. The van der Waals surface area contributed by atoms with Crippen LogP contribution in [0.4, 0.5) is 0 Å². The number of nitrogens with zero attached hydrogens (tertiary/aromatic N) is 3. The molecule has 1 aromatic heterocycles. The monoisotopic (exact) mass is 203 g/mol. The second-order valence-corrected chi connectivity index (χ2v) is 4.29. The molecule has 1 aliphatic rings. The molecule has 0 aromatic carbocycles. The molecule has 2 rings (SSSR count). The Bertz CT molecular complexity index is 390. The Balaban J connectivity index is 2.19. The zero-order valence-electron chi connectivity index (χ0n) is 9.10. The molecule has 0 radical (unpaired) electrons. The Hall–Kier alpha value is -1.28. The van der Waals surface area contributed by atoms with Crippen molar-refractivity contribution in [2.24, 2.45) is 0 Å². The fourth-order valence-corrected chi connectivity index (χ4v) is 2.19. The predicted octanol–water partition coefficient (Wildman–Crippen LogP) is -0.441. The van der Waals surface area contributed by atoms with E-state index in [1.165, 1.54) is 0 Å². The number of hydrogen-bond donors (Lipinski definition) is 0. The van der Waals surface area contributed by atoms with Crippen LogP contribution in [0.2, 0.25) is 0 Å². The SMILES string of the molecule is Bc1cnn([C@]2(CC#N)C[C@@H](OC)C2)c1. The first-order valence-corrected chi connectivity index (χ1v) is 5.12. The standard InChI is InChI=1S/C10H14BN3O/c1-15-9-4-10(5-9,2-3-12)14-7-8(11)6-13-14/h6-7,9H,2,4-5,11H2,1H3/t9-,10-. The zero-order valence-corrected chi connectivity index (χ0v) is 9.10. The minimum atomic E-state index is -0.121. The molecule has 0 N–H and O–H groups in total. The second-order valence-electron chi connectivity index (χ2n) is 4.29. The van der Waals surface area contributed by atoms with Crippen LogP contribution in [0.1, 0.15) is 19.3 Å². The highest BCUT2D eigenvalue weighted by Crippen LogP contribution is 2.42. The number of methoxy groups -OCH3 is 1. The van der Waals surface area contributed by atoms with Gasteiger partial charge in [-0.15, -0.1) is 0 Å². The number of ether oxygens (including phenoxy) is 1. The van der Waals surface area contributed by atoms with Crippen LogP contribution in [-0.2, 0) is 10.3 Å². The molecule has 1 fully saturated rings. The first-order chi connectivity index (χ1) is 7.20. The van der Waals surface area contributed by atoms with E-state index >= 15 is 0 Å². The molecule has 1 aromatic rings. The third-order valence-electron chi connectivity index (χ3n) is 3.15. The Morgan fingerprint density at radius 3 is 3.00 bits per heavy atom. The summed E-state index contributed by atoms with van der Waals surface area (Å²) in [5.41, 5.74) is 1.01. The summed E-state index contributed by atoms with van der Waals surface area (Å²) >= 11 is 0. The van der Waals surface area contributed by atoms with E-state index in [4.69, 9.17) is 10.00 Å². The molecule has 1 heterocycles. The summed E-state index contributed by atoms with van der Waals surface area (Å²) in [6.07, 6.45) is 6.40. The quantitative estimate of drug-likeness (QED) is 0.625. The van der Waals surface area contributed by atoms with Crippen LogP contribution in [0.3, 0.4) is 0 Å². The molecular weight excluding hydrogens is 189 g/mol. The normalized spacial score (nSPS) is 29.5. The topological polar surface area (TPSA) is 50.8 Å². The largest absolute Gasteiger partial charge is 0.381 e. The molecule has 1 aliphatic carbocycles. The molecule has 0 spiro atoms.